The number of para-hydroxylation sites is 2. The standard InChI is InChI=1S/C25H28FN5O2S/c1-17-9-5-7-13-20(17)27-24(33)16-34-25-30-29-22(31(25)18-10-3-2-4-11-18)15-23(32)28-21-14-8-6-12-19(21)26/h2-4,6,8,10-12,14,17,20H,5,7,9,13,15-16H2,1H3,(H,27,33)(H,28,32). The third kappa shape index (κ3) is 6.02. The van der Waals surface area contributed by atoms with E-state index in [1.807, 2.05) is 30.3 Å². The van der Waals surface area contributed by atoms with Gasteiger partial charge in [0.1, 0.15) is 11.6 Å². The van der Waals surface area contributed by atoms with Gasteiger partial charge in [-0.2, -0.15) is 0 Å². The van der Waals surface area contributed by atoms with Crippen LogP contribution in [-0.2, 0) is 16.0 Å². The van der Waals surface area contributed by atoms with E-state index in [2.05, 4.69) is 27.8 Å². The van der Waals surface area contributed by atoms with Crippen LogP contribution in [-0.4, -0.2) is 38.4 Å². The molecule has 4 rings (SSSR count). The number of aromatic nitrogens is 3. The third-order valence-electron chi connectivity index (χ3n) is 5.97. The van der Waals surface area contributed by atoms with Crippen LogP contribution in [0.3, 0.4) is 0 Å². The maximum absolute atomic E-state index is 13.9. The predicted molar refractivity (Wildman–Crippen MR) is 130 cm³/mol. The lowest BCUT2D eigenvalue weighted by Crippen LogP contribution is -2.41. The number of anilines is 1. The Morgan fingerprint density at radius 1 is 1.03 bits per heavy atom. The summed E-state index contributed by atoms with van der Waals surface area (Å²) in [6.45, 7) is 2.18. The molecule has 1 aliphatic carbocycles. The number of amides is 2. The van der Waals surface area contributed by atoms with Crippen molar-refractivity contribution < 1.29 is 14.0 Å². The van der Waals surface area contributed by atoms with Gasteiger partial charge in [0.25, 0.3) is 0 Å². The smallest absolute Gasteiger partial charge is 0.232 e. The Bertz CT molecular complexity index is 1140. The third-order valence-corrected chi connectivity index (χ3v) is 6.90. The molecular formula is C25H28FN5O2S. The molecule has 3 aromatic rings. The summed E-state index contributed by atoms with van der Waals surface area (Å²) in [7, 11) is 0. The first-order valence-electron chi connectivity index (χ1n) is 11.5. The fraction of sp³-hybridized carbons (Fsp3) is 0.360. The minimum absolute atomic E-state index is 0.0368. The number of benzene rings is 2. The van der Waals surface area contributed by atoms with Crippen molar-refractivity contribution in [3.63, 3.8) is 0 Å². The lowest BCUT2D eigenvalue weighted by Gasteiger charge is -2.29. The zero-order valence-electron chi connectivity index (χ0n) is 19.0. The van der Waals surface area contributed by atoms with Gasteiger partial charge in [0, 0.05) is 11.7 Å². The number of halogens is 1. The molecule has 34 heavy (non-hydrogen) atoms. The van der Waals surface area contributed by atoms with Crippen molar-refractivity contribution in [1.29, 1.82) is 0 Å². The van der Waals surface area contributed by atoms with Gasteiger partial charge < -0.3 is 10.6 Å². The van der Waals surface area contributed by atoms with Crippen LogP contribution in [0.5, 0.6) is 0 Å². The number of nitrogens with zero attached hydrogens (tertiary/aromatic N) is 3. The van der Waals surface area contributed by atoms with Crippen molar-refractivity contribution in [2.45, 2.75) is 50.2 Å². The molecule has 2 aromatic carbocycles. The maximum atomic E-state index is 13.9. The SMILES string of the molecule is CC1CCCCC1NC(=O)CSc1nnc(CC(=O)Nc2ccccc2F)n1-c1ccccc1. The van der Waals surface area contributed by atoms with Crippen molar-refractivity contribution in [3.8, 4) is 5.69 Å². The van der Waals surface area contributed by atoms with Crippen molar-refractivity contribution in [1.82, 2.24) is 20.1 Å². The number of nitrogens with one attached hydrogen (secondary N) is 2. The summed E-state index contributed by atoms with van der Waals surface area (Å²) in [4.78, 5) is 25.2. The Labute approximate surface area is 202 Å². The van der Waals surface area contributed by atoms with Gasteiger partial charge in [-0.05, 0) is 43.0 Å². The molecule has 1 heterocycles. The monoisotopic (exact) mass is 481 g/mol. The summed E-state index contributed by atoms with van der Waals surface area (Å²) < 4.78 is 15.7. The van der Waals surface area contributed by atoms with Crippen LogP contribution in [0.2, 0.25) is 0 Å². The number of rotatable bonds is 8. The normalized spacial score (nSPS) is 17.8. The molecule has 1 aliphatic rings. The van der Waals surface area contributed by atoms with Crippen LogP contribution < -0.4 is 10.6 Å². The first-order valence-corrected chi connectivity index (χ1v) is 12.5. The van der Waals surface area contributed by atoms with Crippen LogP contribution in [0, 0.1) is 11.7 Å². The highest BCUT2D eigenvalue weighted by Crippen LogP contribution is 2.25. The van der Waals surface area contributed by atoms with Gasteiger partial charge >= 0.3 is 0 Å². The Morgan fingerprint density at radius 2 is 1.76 bits per heavy atom. The van der Waals surface area contributed by atoms with E-state index in [1.165, 1.54) is 30.3 Å². The van der Waals surface area contributed by atoms with E-state index in [0.29, 0.717) is 16.9 Å². The number of carbonyl (C=O) groups is 2. The zero-order valence-corrected chi connectivity index (χ0v) is 19.9. The second kappa shape index (κ2) is 11.3. The van der Waals surface area contributed by atoms with Gasteiger partial charge in [-0.25, -0.2) is 4.39 Å². The second-order valence-electron chi connectivity index (χ2n) is 8.50. The maximum Gasteiger partial charge on any atom is 0.232 e. The molecule has 0 radical (unpaired) electrons. The van der Waals surface area contributed by atoms with Crippen LogP contribution in [0.25, 0.3) is 5.69 Å². The lowest BCUT2D eigenvalue weighted by atomic mass is 9.86. The topological polar surface area (TPSA) is 88.9 Å². The molecule has 1 saturated carbocycles. The van der Waals surface area contributed by atoms with Crippen molar-refractivity contribution in [2.24, 2.45) is 5.92 Å². The average Bonchev–Trinajstić information content (AvgIpc) is 3.23. The molecule has 178 valence electrons. The Hall–Kier alpha value is -3.20. The van der Waals surface area contributed by atoms with E-state index in [9.17, 15) is 14.0 Å². The van der Waals surface area contributed by atoms with E-state index < -0.39 is 11.7 Å². The van der Waals surface area contributed by atoms with Crippen LogP contribution in [0.15, 0.2) is 59.8 Å². The summed E-state index contributed by atoms with van der Waals surface area (Å²) in [5.41, 5.74) is 0.895. The van der Waals surface area contributed by atoms with Crippen molar-refractivity contribution >= 4 is 29.3 Å². The number of thioether (sulfide) groups is 1. The van der Waals surface area contributed by atoms with E-state index in [4.69, 9.17) is 0 Å². The van der Waals surface area contributed by atoms with E-state index in [-0.39, 0.29) is 29.8 Å². The summed E-state index contributed by atoms with van der Waals surface area (Å²) >= 11 is 1.28. The average molecular weight is 482 g/mol. The summed E-state index contributed by atoms with van der Waals surface area (Å²) in [5, 5.41) is 14.7. The van der Waals surface area contributed by atoms with E-state index in [0.717, 1.165) is 24.9 Å². The molecule has 1 aromatic heterocycles. The predicted octanol–water partition coefficient (Wildman–Crippen LogP) is 4.37. The molecule has 0 bridgehead atoms. The van der Waals surface area contributed by atoms with Crippen LogP contribution in [0.1, 0.15) is 38.4 Å². The molecular weight excluding hydrogens is 453 g/mol. The largest absolute Gasteiger partial charge is 0.352 e. The highest BCUT2D eigenvalue weighted by molar-refractivity contribution is 7.99. The zero-order chi connectivity index (χ0) is 23.9. The van der Waals surface area contributed by atoms with Gasteiger partial charge in [-0.15, -0.1) is 10.2 Å². The number of carbonyl (C=O) groups excluding carboxylic acids is 2. The molecule has 0 saturated heterocycles. The van der Waals surface area contributed by atoms with Crippen molar-refractivity contribution in [3.05, 3.63) is 66.2 Å². The Kier molecular flexibility index (Phi) is 7.95. The molecule has 0 aliphatic heterocycles. The highest BCUT2D eigenvalue weighted by Gasteiger charge is 2.24. The molecule has 2 amide bonds. The first-order chi connectivity index (χ1) is 16.5. The molecule has 2 unspecified atom stereocenters. The highest BCUT2D eigenvalue weighted by atomic mass is 32.2. The summed E-state index contributed by atoms with van der Waals surface area (Å²) in [6, 6.07) is 15.6. The van der Waals surface area contributed by atoms with Crippen LogP contribution >= 0.6 is 11.8 Å². The van der Waals surface area contributed by atoms with Crippen molar-refractivity contribution in [2.75, 3.05) is 11.1 Å². The first kappa shape index (κ1) is 23.9. The fourth-order valence-electron chi connectivity index (χ4n) is 4.15. The summed E-state index contributed by atoms with van der Waals surface area (Å²) in [5.74, 6) is 0.143. The van der Waals surface area contributed by atoms with Gasteiger partial charge in [0.2, 0.25) is 11.8 Å². The minimum Gasteiger partial charge on any atom is -0.352 e. The number of hydrogen-bond acceptors (Lipinski definition) is 5. The molecule has 9 heteroatoms. The summed E-state index contributed by atoms with van der Waals surface area (Å²) in [6.07, 6.45) is 4.42. The molecule has 0 spiro atoms. The Balaban J connectivity index is 1.47. The minimum atomic E-state index is -0.505. The van der Waals surface area contributed by atoms with E-state index in [1.54, 1.807) is 16.7 Å². The molecule has 1 fully saturated rings. The quantitative estimate of drug-likeness (QED) is 0.466. The Morgan fingerprint density at radius 3 is 2.53 bits per heavy atom. The molecule has 2 N–H and O–H groups in total. The number of hydrogen-bond donors (Lipinski definition) is 2. The van der Waals surface area contributed by atoms with Gasteiger partial charge in [0.05, 0.1) is 17.9 Å². The van der Waals surface area contributed by atoms with Gasteiger partial charge in [-0.3, -0.25) is 14.2 Å². The molecule has 2 atom stereocenters. The van der Waals surface area contributed by atoms with Gasteiger partial charge in [0.15, 0.2) is 5.16 Å². The second-order valence-corrected chi connectivity index (χ2v) is 9.44. The molecule has 7 nitrogen and oxygen atoms in total. The lowest BCUT2D eigenvalue weighted by molar-refractivity contribution is -0.120. The van der Waals surface area contributed by atoms with Gasteiger partial charge in [-0.1, -0.05) is 61.9 Å². The fourth-order valence-corrected chi connectivity index (χ4v) is 4.94. The van der Waals surface area contributed by atoms with Crippen LogP contribution in [0.4, 0.5) is 10.1 Å². The van der Waals surface area contributed by atoms with E-state index >= 15 is 0 Å².